The third-order valence-electron chi connectivity index (χ3n) is 2.13. The summed E-state index contributed by atoms with van der Waals surface area (Å²) in [6.45, 7) is 3.64. The van der Waals surface area contributed by atoms with E-state index < -0.39 is 5.60 Å². The number of carbonyl (C=O) groups is 1. The van der Waals surface area contributed by atoms with Crippen molar-refractivity contribution in [2.45, 2.75) is 25.9 Å². The fraction of sp³-hybridized carbons (Fsp3) is 0.462. The minimum Gasteiger partial charge on any atom is -0.493 e. The number of halogens is 1. The highest BCUT2D eigenvalue weighted by Crippen LogP contribution is 2.11. The van der Waals surface area contributed by atoms with Crippen LogP contribution in [0.1, 0.15) is 20.3 Å². The first-order valence-electron chi connectivity index (χ1n) is 5.74. The van der Waals surface area contributed by atoms with Gasteiger partial charge < -0.3 is 15.2 Å². The zero-order valence-electron chi connectivity index (χ0n) is 10.6. The molecular weight excluding hydrogens is 237 g/mol. The standard InChI is InChI=1S/C13H18FNO3/c1-13(2,17)9-15-12(16)7-8-18-11-5-3-10(14)4-6-11/h3-6,17H,7-9H2,1-2H3,(H,15,16). The maximum absolute atomic E-state index is 12.6. The van der Waals surface area contributed by atoms with E-state index in [-0.39, 0.29) is 31.3 Å². The van der Waals surface area contributed by atoms with E-state index in [4.69, 9.17) is 4.74 Å². The summed E-state index contributed by atoms with van der Waals surface area (Å²) in [4.78, 5) is 11.4. The van der Waals surface area contributed by atoms with Gasteiger partial charge in [-0.05, 0) is 38.1 Å². The van der Waals surface area contributed by atoms with E-state index in [0.29, 0.717) is 5.75 Å². The Labute approximate surface area is 106 Å². The number of hydrogen-bond donors (Lipinski definition) is 2. The molecule has 0 fully saturated rings. The first-order valence-corrected chi connectivity index (χ1v) is 5.74. The number of ether oxygens (including phenoxy) is 1. The number of carbonyl (C=O) groups excluding carboxylic acids is 1. The molecule has 1 rings (SSSR count). The van der Waals surface area contributed by atoms with Crippen LogP contribution in [-0.2, 0) is 4.79 Å². The summed E-state index contributed by atoms with van der Waals surface area (Å²) in [6.07, 6.45) is 0.188. The molecule has 100 valence electrons. The molecular formula is C13H18FNO3. The van der Waals surface area contributed by atoms with Crippen molar-refractivity contribution in [3.63, 3.8) is 0 Å². The zero-order valence-corrected chi connectivity index (χ0v) is 10.6. The minimum atomic E-state index is -0.923. The molecule has 0 aliphatic heterocycles. The second-order valence-electron chi connectivity index (χ2n) is 4.64. The maximum atomic E-state index is 12.6. The Kier molecular flexibility index (Phi) is 5.09. The number of aliphatic hydroxyl groups is 1. The van der Waals surface area contributed by atoms with Gasteiger partial charge in [0.2, 0.25) is 5.91 Å². The van der Waals surface area contributed by atoms with Crippen LogP contribution in [0.5, 0.6) is 5.75 Å². The Morgan fingerprint density at radius 2 is 2.00 bits per heavy atom. The highest BCUT2D eigenvalue weighted by molar-refractivity contribution is 5.76. The van der Waals surface area contributed by atoms with Crippen LogP contribution in [0.2, 0.25) is 0 Å². The molecule has 0 heterocycles. The van der Waals surface area contributed by atoms with Gasteiger partial charge in [0.15, 0.2) is 0 Å². The minimum absolute atomic E-state index is 0.188. The fourth-order valence-corrected chi connectivity index (χ4v) is 1.20. The molecule has 0 radical (unpaired) electrons. The number of rotatable bonds is 6. The Hall–Kier alpha value is -1.62. The van der Waals surface area contributed by atoms with Crippen LogP contribution in [0.4, 0.5) is 4.39 Å². The van der Waals surface area contributed by atoms with E-state index in [1.807, 2.05) is 0 Å². The van der Waals surface area contributed by atoms with E-state index in [1.165, 1.54) is 24.3 Å². The lowest BCUT2D eigenvalue weighted by atomic mass is 10.1. The summed E-state index contributed by atoms with van der Waals surface area (Å²) in [7, 11) is 0. The normalized spacial score (nSPS) is 11.1. The second-order valence-corrected chi connectivity index (χ2v) is 4.64. The molecule has 1 amide bonds. The molecule has 4 nitrogen and oxygen atoms in total. The van der Waals surface area contributed by atoms with Crippen molar-refractivity contribution in [3.05, 3.63) is 30.1 Å². The van der Waals surface area contributed by atoms with Crippen molar-refractivity contribution in [1.29, 1.82) is 0 Å². The van der Waals surface area contributed by atoms with E-state index >= 15 is 0 Å². The first kappa shape index (κ1) is 14.4. The van der Waals surface area contributed by atoms with Crippen molar-refractivity contribution in [3.8, 4) is 5.75 Å². The largest absolute Gasteiger partial charge is 0.493 e. The van der Waals surface area contributed by atoms with Crippen LogP contribution in [0.3, 0.4) is 0 Å². The quantitative estimate of drug-likeness (QED) is 0.809. The van der Waals surface area contributed by atoms with Crippen molar-refractivity contribution in [1.82, 2.24) is 5.32 Å². The van der Waals surface area contributed by atoms with Crippen LogP contribution in [0.15, 0.2) is 24.3 Å². The van der Waals surface area contributed by atoms with E-state index in [2.05, 4.69) is 5.32 Å². The first-order chi connectivity index (χ1) is 8.37. The highest BCUT2D eigenvalue weighted by Gasteiger charge is 2.13. The molecule has 5 heteroatoms. The Bertz CT molecular complexity index is 384. The van der Waals surface area contributed by atoms with Gasteiger partial charge in [-0.1, -0.05) is 0 Å². The summed E-state index contributed by atoms with van der Waals surface area (Å²) >= 11 is 0. The molecule has 0 aliphatic carbocycles. The maximum Gasteiger partial charge on any atom is 0.223 e. The molecule has 0 spiro atoms. The van der Waals surface area contributed by atoms with Crippen LogP contribution in [0, 0.1) is 5.82 Å². The SMILES string of the molecule is CC(C)(O)CNC(=O)CCOc1ccc(F)cc1. The van der Waals surface area contributed by atoms with Gasteiger partial charge >= 0.3 is 0 Å². The van der Waals surface area contributed by atoms with E-state index in [1.54, 1.807) is 13.8 Å². The van der Waals surface area contributed by atoms with Crippen molar-refractivity contribution in [2.75, 3.05) is 13.2 Å². The van der Waals surface area contributed by atoms with Crippen molar-refractivity contribution < 1.29 is 19.0 Å². The number of hydrogen-bond acceptors (Lipinski definition) is 3. The predicted octanol–water partition coefficient (Wildman–Crippen LogP) is 1.48. The average molecular weight is 255 g/mol. The number of nitrogens with one attached hydrogen (secondary N) is 1. The average Bonchev–Trinajstić information content (AvgIpc) is 2.28. The third-order valence-corrected chi connectivity index (χ3v) is 2.13. The molecule has 1 aromatic rings. The molecule has 2 N–H and O–H groups in total. The summed E-state index contributed by atoms with van der Waals surface area (Å²) in [5.41, 5.74) is -0.923. The lowest BCUT2D eigenvalue weighted by Gasteiger charge is -2.17. The molecule has 0 bridgehead atoms. The Morgan fingerprint density at radius 1 is 1.39 bits per heavy atom. The molecule has 0 aliphatic rings. The van der Waals surface area contributed by atoms with Crippen LogP contribution >= 0.6 is 0 Å². The Balaban J connectivity index is 2.21. The monoisotopic (exact) mass is 255 g/mol. The van der Waals surface area contributed by atoms with Gasteiger partial charge in [0.25, 0.3) is 0 Å². The molecule has 0 saturated heterocycles. The molecule has 0 atom stereocenters. The second kappa shape index (κ2) is 6.35. The summed E-state index contributed by atoms with van der Waals surface area (Å²) in [5.74, 6) is -0.00352. The van der Waals surface area contributed by atoms with Crippen molar-refractivity contribution in [2.24, 2.45) is 0 Å². The smallest absolute Gasteiger partial charge is 0.223 e. The summed E-state index contributed by atoms with van der Waals surface area (Å²) in [5, 5.41) is 12.0. The molecule has 0 saturated carbocycles. The topological polar surface area (TPSA) is 58.6 Å². The van der Waals surface area contributed by atoms with Crippen molar-refractivity contribution >= 4 is 5.91 Å². The molecule has 18 heavy (non-hydrogen) atoms. The van der Waals surface area contributed by atoms with Gasteiger partial charge in [-0.25, -0.2) is 4.39 Å². The zero-order chi connectivity index (χ0) is 13.6. The van der Waals surface area contributed by atoms with Crippen LogP contribution in [0.25, 0.3) is 0 Å². The van der Waals surface area contributed by atoms with Gasteiger partial charge in [-0.3, -0.25) is 4.79 Å². The van der Waals surface area contributed by atoms with Crippen LogP contribution in [-0.4, -0.2) is 29.8 Å². The van der Waals surface area contributed by atoms with Crippen LogP contribution < -0.4 is 10.1 Å². The van der Waals surface area contributed by atoms with E-state index in [9.17, 15) is 14.3 Å². The molecule has 1 aromatic carbocycles. The van der Waals surface area contributed by atoms with Gasteiger partial charge in [-0.15, -0.1) is 0 Å². The molecule has 0 unspecified atom stereocenters. The van der Waals surface area contributed by atoms with E-state index in [0.717, 1.165) is 0 Å². The van der Waals surface area contributed by atoms with Gasteiger partial charge in [0, 0.05) is 6.54 Å². The fourth-order valence-electron chi connectivity index (χ4n) is 1.20. The van der Waals surface area contributed by atoms with Gasteiger partial charge in [-0.2, -0.15) is 0 Å². The molecule has 0 aromatic heterocycles. The lowest BCUT2D eigenvalue weighted by molar-refractivity contribution is -0.122. The summed E-state index contributed by atoms with van der Waals surface area (Å²) in [6, 6.07) is 5.60. The Morgan fingerprint density at radius 3 is 2.56 bits per heavy atom. The third kappa shape index (κ3) is 6.20. The van der Waals surface area contributed by atoms with Gasteiger partial charge in [0.1, 0.15) is 11.6 Å². The summed E-state index contributed by atoms with van der Waals surface area (Å²) < 4.78 is 17.9. The lowest BCUT2D eigenvalue weighted by Crippen LogP contribution is -2.38. The number of amides is 1. The van der Waals surface area contributed by atoms with Gasteiger partial charge in [0.05, 0.1) is 18.6 Å². The predicted molar refractivity (Wildman–Crippen MR) is 65.8 cm³/mol. The number of benzene rings is 1. The highest BCUT2D eigenvalue weighted by atomic mass is 19.1.